The lowest BCUT2D eigenvalue weighted by atomic mass is 10.4. The summed E-state index contributed by atoms with van der Waals surface area (Å²) >= 11 is 1.34. The van der Waals surface area contributed by atoms with Crippen LogP contribution in [0.2, 0.25) is 0 Å². The van der Waals surface area contributed by atoms with E-state index in [1.807, 2.05) is 19.1 Å². The Balaban J connectivity index is 2.15. The molecule has 0 bridgehead atoms. The molecular formula is C8H8N4S. The first-order valence-corrected chi connectivity index (χ1v) is 4.59. The molecule has 1 N–H and O–H groups in total. The highest BCUT2D eigenvalue weighted by Crippen LogP contribution is 2.16. The number of anilines is 2. The van der Waals surface area contributed by atoms with Crippen molar-refractivity contribution in [2.75, 3.05) is 5.32 Å². The minimum atomic E-state index is 0.788. The molecular weight excluding hydrogens is 184 g/mol. The first-order chi connectivity index (χ1) is 6.34. The summed E-state index contributed by atoms with van der Waals surface area (Å²) in [5, 5.41) is 3.90. The van der Waals surface area contributed by atoms with Crippen molar-refractivity contribution in [1.82, 2.24) is 14.3 Å². The summed E-state index contributed by atoms with van der Waals surface area (Å²) in [6.07, 6.45) is 3.48. The van der Waals surface area contributed by atoms with Crippen LogP contribution in [0.1, 0.15) is 5.82 Å². The van der Waals surface area contributed by atoms with E-state index in [9.17, 15) is 0 Å². The average Bonchev–Trinajstić information content (AvgIpc) is 2.53. The van der Waals surface area contributed by atoms with Crippen molar-refractivity contribution in [2.24, 2.45) is 0 Å². The van der Waals surface area contributed by atoms with Gasteiger partial charge in [0, 0.05) is 17.7 Å². The fourth-order valence-corrected chi connectivity index (χ4v) is 1.50. The molecule has 0 saturated heterocycles. The number of hydrogen-bond acceptors (Lipinski definition) is 5. The summed E-state index contributed by atoms with van der Waals surface area (Å²) in [6.45, 7) is 1.87. The van der Waals surface area contributed by atoms with Gasteiger partial charge in [-0.15, -0.1) is 0 Å². The van der Waals surface area contributed by atoms with Gasteiger partial charge < -0.3 is 5.32 Å². The van der Waals surface area contributed by atoms with Gasteiger partial charge in [0.1, 0.15) is 5.82 Å². The third-order valence-corrected chi connectivity index (χ3v) is 2.16. The fraction of sp³-hybridized carbons (Fsp3) is 0.125. The Bertz CT molecular complexity index is 384. The Morgan fingerprint density at radius 3 is 3.00 bits per heavy atom. The van der Waals surface area contributed by atoms with Gasteiger partial charge in [-0.1, -0.05) is 0 Å². The molecule has 2 rings (SSSR count). The van der Waals surface area contributed by atoms with Crippen molar-refractivity contribution in [3.05, 3.63) is 30.4 Å². The maximum Gasteiger partial charge on any atom is 0.207 e. The van der Waals surface area contributed by atoms with Gasteiger partial charge >= 0.3 is 0 Å². The van der Waals surface area contributed by atoms with Crippen LogP contribution in [-0.2, 0) is 0 Å². The molecule has 0 aliphatic rings. The SMILES string of the molecule is Cc1nsc(Nc2cccnc2)n1. The van der Waals surface area contributed by atoms with Crippen LogP contribution in [0.3, 0.4) is 0 Å². The molecule has 66 valence electrons. The highest BCUT2D eigenvalue weighted by molar-refractivity contribution is 7.09. The molecule has 0 spiro atoms. The zero-order valence-electron chi connectivity index (χ0n) is 7.06. The molecule has 0 aliphatic heterocycles. The minimum Gasteiger partial charge on any atom is -0.329 e. The number of nitrogens with one attached hydrogen (secondary N) is 1. The van der Waals surface area contributed by atoms with Crippen molar-refractivity contribution in [3.63, 3.8) is 0 Å². The van der Waals surface area contributed by atoms with Gasteiger partial charge in [0.25, 0.3) is 0 Å². The molecule has 0 aromatic carbocycles. The van der Waals surface area contributed by atoms with Crippen LogP contribution in [0.25, 0.3) is 0 Å². The molecule has 5 heteroatoms. The molecule has 2 aromatic rings. The van der Waals surface area contributed by atoms with E-state index in [1.165, 1.54) is 11.5 Å². The van der Waals surface area contributed by atoms with Crippen LogP contribution in [0.15, 0.2) is 24.5 Å². The lowest BCUT2D eigenvalue weighted by molar-refractivity contribution is 1.16. The van der Waals surface area contributed by atoms with Gasteiger partial charge in [-0.05, 0) is 19.1 Å². The van der Waals surface area contributed by atoms with Gasteiger partial charge in [-0.25, -0.2) is 4.98 Å². The molecule has 2 aromatic heterocycles. The first kappa shape index (κ1) is 8.12. The van der Waals surface area contributed by atoms with Gasteiger partial charge in [-0.2, -0.15) is 4.37 Å². The molecule has 13 heavy (non-hydrogen) atoms. The molecule has 2 heterocycles. The van der Waals surface area contributed by atoms with E-state index < -0.39 is 0 Å². The van der Waals surface area contributed by atoms with E-state index in [2.05, 4.69) is 19.7 Å². The predicted molar refractivity (Wildman–Crippen MR) is 52.2 cm³/mol. The maximum absolute atomic E-state index is 4.17. The van der Waals surface area contributed by atoms with Crippen LogP contribution in [0.5, 0.6) is 0 Å². The van der Waals surface area contributed by atoms with Crippen LogP contribution in [-0.4, -0.2) is 14.3 Å². The number of aromatic nitrogens is 3. The van der Waals surface area contributed by atoms with Crippen molar-refractivity contribution in [2.45, 2.75) is 6.92 Å². The van der Waals surface area contributed by atoms with Gasteiger partial charge in [0.05, 0.1) is 11.9 Å². The summed E-state index contributed by atoms with van der Waals surface area (Å²) in [5.74, 6) is 0.788. The Labute approximate surface area is 79.8 Å². The van der Waals surface area contributed by atoms with Gasteiger partial charge in [-0.3, -0.25) is 4.98 Å². The van der Waals surface area contributed by atoms with E-state index in [4.69, 9.17) is 0 Å². The normalized spacial score (nSPS) is 9.92. The van der Waals surface area contributed by atoms with Gasteiger partial charge in [0.15, 0.2) is 0 Å². The van der Waals surface area contributed by atoms with Crippen LogP contribution in [0, 0.1) is 6.92 Å². The van der Waals surface area contributed by atoms with E-state index in [-0.39, 0.29) is 0 Å². The van der Waals surface area contributed by atoms with Crippen LogP contribution in [0.4, 0.5) is 10.8 Å². The standard InChI is InChI=1S/C8H8N4S/c1-6-10-8(13-12-6)11-7-3-2-4-9-5-7/h2-5H,1H3,(H,10,11,12). The van der Waals surface area contributed by atoms with Crippen LogP contribution >= 0.6 is 11.5 Å². The average molecular weight is 192 g/mol. The second-order valence-corrected chi connectivity index (χ2v) is 3.27. The van der Waals surface area contributed by atoms with Crippen molar-refractivity contribution in [1.29, 1.82) is 0 Å². The number of aryl methyl sites for hydroxylation is 1. The number of nitrogens with zero attached hydrogens (tertiary/aromatic N) is 3. The van der Waals surface area contributed by atoms with E-state index in [1.54, 1.807) is 12.4 Å². The smallest absolute Gasteiger partial charge is 0.207 e. The van der Waals surface area contributed by atoms with Crippen molar-refractivity contribution in [3.8, 4) is 0 Å². The second kappa shape index (κ2) is 3.49. The minimum absolute atomic E-state index is 0.788. The zero-order valence-corrected chi connectivity index (χ0v) is 7.88. The second-order valence-electron chi connectivity index (χ2n) is 2.51. The Morgan fingerprint density at radius 1 is 1.46 bits per heavy atom. The highest BCUT2D eigenvalue weighted by atomic mass is 32.1. The topological polar surface area (TPSA) is 50.7 Å². The predicted octanol–water partition coefficient (Wildman–Crippen LogP) is 1.99. The molecule has 0 aliphatic carbocycles. The van der Waals surface area contributed by atoms with E-state index >= 15 is 0 Å². The molecule has 0 fully saturated rings. The first-order valence-electron chi connectivity index (χ1n) is 3.82. The molecule has 4 nitrogen and oxygen atoms in total. The Morgan fingerprint density at radius 2 is 2.38 bits per heavy atom. The molecule has 0 atom stereocenters. The number of pyridine rings is 1. The lowest BCUT2D eigenvalue weighted by Gasteiger charge is -1.98. The third-order valence-electron chi connectivity index (χ3n) is 1.44. The summed E-state index contributed by atoms with van der Waals surface area (Å²) in [7, 11) is 0. The summed E-state index contributed by atoms with van der Waals surface area (Å²) in [5.41, 5.74) is 0.929. The summed E-state index contributed by atoms with van der Waals surface area (Å²) < 4.78 is 4.06. The highest BCUT2D eigenvalue weighted by Gasteiger charge is 1.99. The summed E-state index contributed by atoms with van der Waals surface area (Å²) in [6, 6.07) is 3.81. The third kappa shape index (κ3) is 2.00. The lowest BCUT2D eigenvalue weighted by Crippen LogP contribution is -1.89. The largest absolute Gasteiger partial charge is 0.329 e. The number of hydrogen-bond donors (Lipinski definition) is 1. The maximum atomic E-state index is 4.17. The van der Waals surface area contributed by atoms with Crippen molar-refractivity contribution >= 4 is 22.4 Å². The van der Waals surface area contributed by atoms with Crippen molar-refractivity contribution < 1.29 is 0 Å². The van der Waals surface area contributed by atoms with E-state index in [0.29, 0.717) is 0 Å². The monoisotopic (exact) mass is 192 g/mol. The fourth-order valence-electron chi connectivity index (χ4n) is 0.908. The molecule has 0 amide bonds. The molecule has 0 saturated carbocycles. The van der Waals surface area contributed by atoms with Crippen LogP contribution < -0.4 is 5.32 Å². The van der Waals surface area contributed by atoms with Gasteiger partial charge in [0.2, 0.25) is 5.13 Å². The zero-order chi connectivity index (χ0) is 9.10. The Hall–Kier alpha value is -1.49. The van der Waals surface area contributed by atoms with E-state index in [0.717, 1.165) is 16.6 Å². The summed E-state index contributed by atoms with van der Waals surface area (Å²) in [4.78, 5) is 8.16. The Kier molecular flexibility index (Phi) is 2.18. The quantitative estimate of drug-likeness (QED) is 0.790. The molecule has 0 unspecified atom stereocenters. The number of rotatable bonds is 2. The molecule has 0 radical (unpaired) electrons.